The third-order valence-corrected chi connectivity index (χ3v) is 3.77. The van der Waals surface area contributed by atoms with Crippen molar-refractivity contribution in [2.45, 2.75) is 65.5 Å². The SMILES string of the molecule is CC(C)(C)OC(=O)N1[C@@H](c2ccccc2)[C@H](C=O)O[C@@H]1C(C)(C)C. The van der Waals surface area contributed by atoms with E-state index in [0.717, 1.165) is 11.8 Å². The Labute approximate surface area is 143 Å². The fraction of sp³-hybridized carbons (Fsp3) is 0.579. The summed E-state index contributed by atoms with van der Waals surface area (Å²) >= 11 is 0. The molecule has 0 spiro atoms. The van der Waals surface area contributed by atoms with Crippen LogP contribution in [0.3, 0.4) is 0 Å². The number of amides is 1. The van der Waals surface area contributed by atoms with E-state index in [1.807, 2.05) is 71.9 Å². The highest BCUT2D eigenvalue weighted by atomic mass is 16.6. The lowest BCUT2D eigenvalue weighted by Gasteiger charge is -2.36. The largest absolute Gasteiger partial charge is 0.444 e. The summed E-state index contributed by atoms with van der Waals surface area (Å²) in [6.45, 7) is 11.4. The Morgan fingerprint density at radius 2 is 1.71 bits per heavy atom. The summed E-state index contributed by atoms with van der Waals surface area (Å²) in [6.07, 6.45) is -0.974. The van der Waals surface area contributed by atoms with Gasteiger partial charge in [-0.3, -0.25) is 4.90 Å². The second-order valence-electron chi connectivity index (χ2n) is 8.20. The lowest BCUT2D eigenvalue weighted by molar-refractivity contribution is -0.122. The van der Waals surface area contributed by atoms with Gasteiger partial charge in [-0.25, -0.2) is 4.79 Å². The van der Waals surface area contributed by atoms with Gasteiger partial charge in [-0.05, 0) is 26.3 Å². The Balaban J connectivity index is 2.47. The smallest absolute Gasteiger partial charge is 0.413 e. The zero-order chi connectivity index (χ0) is 18.1. The second kappa shape index (κ2) is 6.55. The molecule has 1 heterocycles. The number of nitrogens with zero attached hydrogens (tertiary/aromatic N) is 1. The van der Waals surface area contributed by atoms with Crippen LogP contribution in [0.15, 0.2) is 30.3 Å². The summed E-state index contributed by atoms with van der Waals surface area (Å²) in [6, 6.07) is 8.96. The highest BCUT2D eigenvalue weighted by Gasteiger charge is 2.51. The van der Waals surface area contributed by atoms with E-state index in [-0.39, 0.29) is 5.41 Å². The minimum absolute atomic E-state index is 0.359. The van der Waals surface area contributed by atoms with Crippen molar-refractivity contribution in [3.8, 4) is 0 Å². The Morgan fingerprint density at radius 3 is 2.17 bits per heavy atom. The number of carbonyl (C=O) groups is 2. The molecule has 24 heavy (non-hydrogen) atoms. The van der Waals surface area contributed by atoms with Crippen LogP contribution in [0.5, 0.6) is 0 Å². The summed E-state index contributed by atoms with van der Waals surface area (Å²) in [5.74, 6) is 0. The monoisotopic (exact) mass is 333 g/mol. The topological polar surface area (TPSA) is 55.8 Å². The number of ether oxygens (including phenoxy) is 2. The van der Waals surface area contributed by atoms with Gasteiger partial charge in [-0.15, -0.1) is 0 Å². The molecule has 0 aliphatic carbocycles. The quantitative estimate of drug-likeness (QED) is 0.769. The van der Waals surface area contributed by atoms with Gasteiger partial charge in [0.1, 0.15) is 17.9 Å². The Hall–Kier alpha value is -1.88. The highest BCUT2D eigenvalue weighted by Crippen LogP contribution is 2.42. The summed E-state index contributed by atoms with van der Waals surface area (Å²) in [5, 5.41) is 0. The van der Waals surface area contributed by atoms with E-state index in [1.165, 1.54) is 0 Å². The van der Waals surface area contributed by atoms with Crippen LogP contribution in [0.25, 0.3) is 0 Å². The van der Waals surface area contributed by atoms with Crippen LogP contribution in [0.1, 0.15) is 53.1 Å². The zero-order valence-corrected chi connectivity index (χ0v) is 15.3. The standard InChI is InChI=1S/C19H27NO4/c1-18(2,3)16-20(17(22)24-19(4,5)6)15(14(12-21)23-16)13-10-8-7-9-11-13/h7-12,14-16H,1-6H3/t14-,15-,16+/m0/s1. The molecule has 2 rings (SSSR count). The minimum Gasteiger partial charge on any atom is -0.444 e. The molecule has 1 aliphatic heterocycles. The number of carbonyl (C=O) groups excluding carboxylic acids is 2. The van der Waals surface area contributed by atoms with Crippen molar-refractivity contribution in [2.75, 3.05) is 0 Å². The van der Waals surface area contributed by atoms with Crippen LogP contribution in [-0.2, 0) is 14.3 Å². The Bertz CT molecular complexity index is 586. The van der Waals surface area contributed by atoms with Crippen LogP contribution >= 0.6 is 0 Å². The van der Waals surface area contributed by atoms with Crippen LogP contribution in [-0.4, -0.2) is 35.2 Å². The van der Waals surface area contributed by atoms with Crippen LogP contribution in [0, 0.1) is 5.41 Å². The average molecular weight is 333 g/mol. The lowest BCUT2D eigenvalue weighted by atomic mass is 9.92. The molecular weight excluding hydrogens is 306 g/mol. The number of hydrogen-bond acceptors (Lipinski definition) is 4. The summed E-state index contributed by atoms with van der Waals surface area (Å²) in [5.41, 5.74) is -0.131. The molecule has 0 N–H and O–H groups in total. The molecule has 1 saturated heterocycles. The predicted octanol–water partition coefficient (Wildman–Crippen LogP) is 3.93. The highest BCUT2D eigenvalue weighted by molar-refractivity contribution is 5.72. The summed E-state index contributed by atoms with van der Waals surface area (Å²) in [7, 11) is 0. The van der Waals surface area contributed by atoms with Crippen LogP contribution in [0.4, 0.5) is 4.79 Å². The first kappa shape index (κ1) is 18.5. The van der Waals surface area contributed by atoms with E-state index >= 15 is 0 Å². The van der Waals surface area contributed by atoms with E-state index in [1.54, 1.807) is 4.90 Å². The van der Waals surface area contributed by atoms with Gasteiger partial charge < -0.3 is 14.3 Å². The van der Waals surface area contributed by atoms with Crippen molar-refractivity contribution in [1.29, 1.82) is 0 Å². The molecule has 0 aromatic heterocycles. The van der Waals surface area contributed by atoms with E-state index in [0.29, 0.717) is 0 Å². The first-order valence-corrected chi connectivity index (χ1v) is 8.21. The number of benzene rings is 1. The molecule has 1 fully saturated rings. The third kappa shape index (κ3) is 3.96. The number of aldehydes is 1. The average Bonchev–Trinajstić information content (AvgIpc) is 2.86. The first-order chi connectivity index (χ1) is 11.0. The first-order valence-electron chi connectivity index (χ1n) is 8.21. The molecular formula is C19H27NO4. The number of rotatable bonds is 2. The van der Waals surface area contributed by atoms with Gasteiger partial charge in [0.15, 0.2) is 6.29 Å². The fourth-order valence-electron chi connectivity index (χ4n) is 2.85. The summed E-state index contributed by atoms with van der Waals surface area (Å²) < 4.78 is 11.5. The Morgan fingerprint density at radius 1 is 1.12 bits per heavy atom. The molecule has 1 aromatic carbocycles. The zero-order valence-electron chi connectivity index (χ0n) is 15.3. The van der Waals surface area contributed by atoms with Crippen molar-refractivity contribution in [1.82, 2.24) is 4.90 Å². The molecule has 5 nitrogen and oxygen atoms in total. The molecule has 3 atom stereocenters. The maximum atomic E-state index is 12.9. The predicted molar refractivity (Wildman–Crippen MR) is 91.4 cm³/mol. The van der Waals surface area contributed by atoms with E-state index in [2.05, 4.69) is 0 Å². The number of hydrogen-bond donors (Lipinski definition) is 0. The van der Waals surface area contributed by atoms with Crippen molar-refractivity contribution in [2.24, 2.45) is 5.41 Å². The van der Waals surface area contributed by atoms with Crippen LogP contribution in [0.2, 0.25) is 0 Å². The molecule has 0 unspecified atom stereocenters. The van der Waals surface area contributed by atoms with Crippen molar-refractivity contribution < 1.29 is 19.1 Å². The van der Waals surface area contributed by atoms with Crippen LogP contribution < -0.4 is 0 Å². The van der Waals surface area contributed by atoms with Gasteiger partial charge in [-0.1, -0.05) is 51.1 Å². The van der Waals surface area contributed by atoms with E-state index in [4.69, 9.17) is 9.47 Å². The molecule has 1 amide bonds. The molecule has 0 saturated carbocycles. The van der Waals surface area contributed by atoms with Gasteiger partial charge in [0.25, 0.3) is 0 Å². The lowest BCUT2D eigenvalue weighted by Crippen LogP contribution is -2.47. The van der Waals surface area contributed by atoms with E-state index < -0.39 is 30.1 Å². The maximum absolute atomic E-state index is 12.9. The van der Waals surface area contributed by atoms with Gasteiger partial charge in [-0.2, -0.15) is 0 Å². The van der Waals surface area contributed by atoms with E-state index in [9.17, 15) is 9.59 Å². The maximum Gasteiger partial charge on any atom is 0.413 e. The van der Waals surface area contributed by atoms with Gasteiger partial charge in [0.05, 0.1) is 6.04 Å². The van der Waals surface area contributed by atoms with Gasteiger partial charge >= 0.3 is 6.09 Å². The second-order valence-corrected chi connectivity index (χ2v) is 8.20. The molecule has 0 bridgehead atoms. The van der Waals surface area contributed by atoms with Crippen molar-refractivity contribution in [3.63, 3.8) is 0 Å². The van der Waals surface area contributed by atoms with Crippen molar-refractivity contribution in [3.05, 3.63) is 35.9 Å². The fourth-order valence-corrected chi connectivity index (χ4v) is 2.85. The molecule has 0 radical (unpaired) electrons. The normalized spacial score (nSPS) is 24.8. The van der Waals surface area contributed by atoms with Crippen molar-refractivity contribution >= 4 is 12.4 Å². The summed E-state index contributed by atoms with van der Waals surface area (Å²) in [4.78, 5) is 26.1. The third-order valence-electron chi connectivity index (χ3n) is 3.77. The van der Waals surface area contributed by atoms with Gasteiger partial charge in [0.2, 0.25) is 0 Å². The molecule has 1 aromatic rings. The molecule has 5 heteroatoms. The minimum atomic E-state index is -0.718. The molecule has 1 aliphatic rings. The Kier molecular flexibility index (Phi) is 5.04. The molecule has 132 valence electrons. The van der Waals surface area contributed by atoms with Gasteiger partial charge in [0, 0.05) is 5.41 Å².